The van der Waals surface area contributed by atoms with E-state index in [-0.39, 0.29) is 42.2 Å². The number of amides is 1. The average Bonchev–Trinajstić information content (AvgIpc) is 2.63. The van der Waals surface area contributed by atoms with E-state index in [0.29, 0.717) is 6.42 Å². The van der Waals surface area contributed by atoms with Gasteiger partial charge in [-0.3, -0.25) is 4.79 Å². The quantitative estimate of drug-likeness (QED) is 0.668. The summed E-state index contributed by atoms with van der Waals surface area (Å²) in [6.07, 6.45) is 4.24. The topological polar surface area (TPSA) is 166 Å². The Bertz CT molecular complexity index is 504. The maximum Gasteiger partial charge on any atom is 0.224 e. The minimum absolute atomic E-state index is 0. The summed E-state index contributed by atoms with van der Waals surface area (Å²) in [7, 11) is 0. The van der Waals surface area contributed by atoms with Crippen molar-refractivity contribution in [3.63, 3.8) is 0 Å². The van der Waals surface area contributed by atoms with E-state index in [4.69, 9.17) is 0 Å². The lowest BCUT2D eigenvalue weighted by Crippen LogP contribution is -2.11. The maximum absolute atomic E-state index is 11.1. The van der Waals surface area contributed by atoms with Crippen molar-refractivity contribution in [3.8, 4) is 0 Å². The predicted molar refractivity (Wildman–Crippen MR) is 95.4 cm³/mol. The molecule has 1 amide bonds. The normalized spacial score (nSPS) is 13.3. The Labute approximate surface area is 138 Å². The molecular weight excluding hydrogens is 304 g/mol. The van der Waals surface area contributed by atoms with Gasteiger partial charge in [0.25, 0.3) is 0 Å². The number of halogens is 1. The van der Waals surface area contributed by atoms with E-state index in [0.717, 1.165) is 24.1 Å². The smallest absolute Gasteiger partial charge is 0.224 e. The molecule has 0 radical (unpaired) electrons. The van der Waals surface area contributed by atoms with Crippen LogP contribution >= 0.6 is 12.4 Å². The minimum Gasteiger partial charge on any atom is -0.412 e. The second-order valence-electron chi connectivity index (χ2n) is 4.54. The molecule has 22 heavy (non-hydrogen) atoms. The molecule has 0 aromatic heterocycles. The molecule has 0 unspecified atom stereocenters. The molecule has 1 aliphatic rings. The van der Waals surface area contributed by atoms with E-state index in [1.54, 1.807) is 0 Å². The number of aryl methyl sites for hydroxylation is 1. The summed E-state index contributed by atoms with van der Waals surface area (Å²) in [6, 6.07) is 8.41. The molecule has 128 valence electrons. The molecule has 1 aromatic rings. The average molecular weight is 333 g/mol. The number of benzene rings is 1. The Morgan fingerprint density at radius 2 is 1.91 bits per heavy atom. The molecule has 1 fully saturated rings. The van der Waals surface area contributed by atoms with Gasteiger partial charge in [-0.2, -0.15) is 0 Å². The van der Waals surface area contributed by atoms with Crippen LogP contribution < -0.4 is 23.8 Å². The Morgan fingerprint density at radius 3 is 2.41 bits per heavy atom. The van der Waals surface area contributed by atoms with Crippen molar-refractivity contribution in [3.05, 3.63) is 59.3 Å². The van der Waals surface area contributed by atoms with Gasteiger partial charge in [0, 0.05) is 12.1 Å². The number of nitrogens with one attached hydrogen (secondary N) is 1. The van der Waals surface area contributed by atoms with Gasteiger partial charge >= 0.3 is 0 Å². The Kier molecular flexibility index (Phi) is 16.8. The Morgan fingerprint density at radius 1 is 1.27 bits per heavy atom. The standard InChI is InChI=1S/C15H17NO.ClH.3H3N.H2O/c1-11-4-3-5-13(8-11)9-12(2)10-14-6-7-15(17)16-14;;;;;/h3-5,8,10H,2,6-7,9H2,1H3,(H,16,17);1H;3*1H3;1H2/b14-10-;;;;;. The van der Waals surface area contributed by atoms with Crippen molar-refractivity contribution in [2.45, 2.75) is 26.2 Å². The van der Waals surface area contributed by atoms with Crippen LogP contribution in [-0.2, 0) is 11.2 Å². The molecule has 0 spiro atoms. The van der Waals surface area contributed by atoms with E-state index >= 15 is 0 Å². The second kappa shape index (κ2) is 13.0. The first-order valence-corrected chi connectivity index (χ1v) is 5.87. The lowest BCUT2D eigenvalue weighted by Gasteiger charge is -2.04. The van der Waals surface area contributed by atoms with Gasteiger partial charge in [0.05, 0.1) is 0 Å². The van der Waals surface area contributed by atoms with Gasteiger partial charge in [0.15, 0.2) is 0 Å². The molecule has 6 nitrogen and oxygen atoms in total. The van der Waals surface area contributed by atoms with E-state index in [1.165, 1.54) is 11.1 Å². The van der Waals surface area contributed by atoms with Gasteiger partial charge in [0.2, 0.25) is 5.91 Å². The van der Waals surface area contributed by atoms with Crippen molar-refractivity contribution < 1.29 is 10.3 Å². The van der Waals surface area contributed by atoms with Crippen LogP contribution in [0.3, 0.4) is 0 Å². The summed E-state index contributed by atoms with van der Waals surface area (Å²) in [5.74, 6) is 0.111. The Hall–Kier alpha value is -1.70. The molecule has 1 aromatic carbocycles. The summed E-state index contributed by atoms with van der Waals surface area (Å²) in [5.41, 5.74) is 4.55. The largest absolute Gasteiger partial charge is 0.412 e. The summed E-state index contributed by atoms with van der Waals surface area (Å²) in [5, 5.41) is 2.84. The molecule has 1 aliphatic heterocycles. The fraction of sp³-hybridized carbons (Fsp3) is 0.267. The predicted octanol–water partition coefficient (Wildman–Crippen LogP) is 2.97. The zero-order valence-electron chi connectivity index (χ0n) is 13.2. The minimum atomic E-state index is 0. The number of hydrogen-bond acceptors (Lipinski definition) is 4. The maximum atomic E-state index is 11.1. The van der Waals surface area contributed by atoms with E-state index < -0.39 is 0 Å². The molecule has 7 heteroatoms. The molecule has 2 rings (SSSR count). The van der Waals surface area contributed by atoms with E-state index in [1.807, 2.05) is 6.08 Å². The summed E-state index contributed by atoms with van der Waals surface area (Å²) >= 11 is 0. The van der Waals surface area contributed by atoms with Crippen LogP contribution in [0.5, 0.6) is 0 Å². The molecule has 12 N–H and O–H groups in total. The van der Waals surface area contributed by atoms with Gasteiger partial charge in [-0.1, -0.05) is 36.4 Å². The lowest BCUT2D eigenvalue weighted by molar-refractivity contribution is -0.118. The fourth-order valence-electron chi connectivity index (χ4n) is 2.04. The Balaban J connectivity index is -0.000000324. The van der Waals surface area contributed by atoms with Crippen LogP contribution in [-0.4, -0.2) is 11.4 Å². The number of hydrogen-bond donors (Lipinski definition) is 4. The zero-order chi connectivity index (χ0) is 12.3. The van der Waals surface area contributed by atoms with E-state index in [2.05, 4.69) is 43.1 Å². The van der Waals surface area contributed by atoms with Crippen molar-refractivity contribution >= 4 is 18.3 Å². The fourth-order valence-corrected chi connectivity index (χ4v) is 2.04. The molecule has 0 bridgehead atoms. The molecule has 1 saturated heterocycles. The summed E-state index contributed by atoms with van der Waals surface area (Å²) in [6.45, 7) is 6.13. The lowest BCUT2D eigenvalue weighted by atomic mass is 10.0. The van der Waals surface area contributed by atoms with Crippen molar-refractivity contribution in [2.75, 3.05) is 0 Å². The van der Waals surface area contributed by atoms with Crippen molar-refractivity contribution in [1.29, 1.82) is 0 Å². The van der Waals surface area contributed by atoms with Crippen LogP contribution in [0.1, 0.15) is 24.0 Å². The highest BCUT2D eigenvalue weighted by Gasteiger charge is 2.13. The van der Waals surface area contributed by atoms with Gasteiger partial charge < -0.3 is 29.2 Å². The number of carbonyl (C=O) groups excluding carboxylic acids is 1. The summed E-state index contributed by atoms with van der Waals surface area (Å²) in [4.78, 5) is 11.1. The highest BCUT2D eigenvalue weighted by molar-refractivity contribution is 5.85. The van der Waals surface area contributed by atoms with Gasteiger partial charge in [-0.25, -0.2) is 0 Å². The molecule has 0 aliphatic carbocycles. The van der Waals surface area contributed by atoms with Crippen LogP contribution in [0.15, 0.2) is 48.2 Å². The van der Waals surface area contributed by atoms with E-state index in [9.17, 15) is 4.79 Å². The van der Waals surface area contributed by atoms with Crippen molar-refractivity contribution in [1.82, 2.24) is 23.8 Å². The third-order valence-electron chi connectivity index (χ3n) is 2.81. The summed E-state index contributed by atoms with van der Waals surface area (Å²) < 4.78 is 0. The van der Waals surface area contributed by atoms with Crippen LogP contribution in [0.25, 0.3) is 0 Å². The monoisotopic (exact) mass is 332 g/mol. The van der Waals surface area contributed by atoms with Crippen molar-refractivity contribution in [2.24, 2.45) is 0 Å². The third-order valence-corrected chi connectivity index (χ3v) is 2.81. The van der Waals surface area contributed by atoms with Gasteiger partial charge in [-0.05, 0) is 37.0 Å². The molecule has 0 saturated carbocycles. The first-order chi connectivity index (χ1) is 8.13. The molecule has 1 heterocycles. The van der Waals surface area contributed by atoms with Gasteiger partial charge in [0.1, 0.15) is 0 Å². The SMILES string of the molecule is C=C(/C=C1/CCC(=O)N1)Cc1cccc(C)c1.Cl.N.N.N.O. The second-order valence-corrected chi connectivity index (χ2v) is 4.54. The molecular formula is C15H29ClN4O2. The van der Waals surface area contributed by atoms with Crippen LogP contribution in [0, 0.1) is 6.92 Å². The number of allylic oxidation sites excluding steroid dienone is 3. The zero-order valence-corrected chi connectivity index (χ0v) is 14.0. The third kappa shape index (κ3) is 8.56. The van der Waals surface area contributed by atoms with Crippen LogP contribution in [0.4, 0.5) is 0 Å². The first-order valence-electron chi connectivity index (χ1n) is 5.87. The highest BCUT2D eigenvalue weighted by atomic mass is 35.5. The first kappa shape index (κ1) is 28.5. The molecule has 0 atom stereocenters. The number of carbonyl (C=O) groups is 1. The highest BCUT2D eigenvalue weighted by Crippen LogP contribution is 2.15. The van der Waals surface area contributed by atoms with Crippen LogP contribution in [0.2, 0.25) is 0 Å². The number of rotatable bonds is 3. The van der Waals surface area contributed by atoms with Gasteiger partial charge in [-0.15, -0.1) is 12.4 Å².